The lowest BCUT2D eigenvalue weighted by atomic mass is 9.77. The molecule has 1 aromatic rings. The van der Waals surface area contributed by atoms with Crippen LogP contribution in [0.5, 0.6) is 0 Å². The third-order valence-electron chi connectivity index (χ3n) is 6.56. The summed E-state index contributed by atoms with van der Waals surface area (Å²) >= 11 is 0. The SMILES string of the molecule is CC1OB(CCCC[C@@]2(C(=O)OCc3ccccc3)CC[C@H](N=[N+]=[N-])C2)OC1(C)C. The second-order valence-electron chi connectivity index (χ2n) is 9.12. The maximum atomic E-state index is 13.1. The number of nitrogens with zero attached hydrogens (tertiary/aromatic N) is 3. The molecule has 2 fully saturated rings. The van der Waals surface area contributed by atoms with E-state index in [9.17, 15) is 4.79 Å². The minimum Gasteiger partial charge on any atom is -0.460 e. The third-order valence-corrected chi connectivity index (χ3v) is 6.56. The molecule has 7 nitrogen and oxygen atoms in total. The Morgan fingerprint density at radius 1 is 1.33 bits per heavy atom. The molecular weight excluding hydrogens is 381 g/mol. The predicted octanol–water partition coefficient (Wildman–Crippen LogP) is 5.45. The fourth-order valence-electron chi connectivity index (χ4n) is 4.42. The van der Waals surface area contributed by atoms with Gasteiger partial charge in [0, 0.05) is 11.0 Å². The first-order chi connectivity index (χ1) is 14.3. The van der Waals surface area contributed by atoms with Crippen LogP contribution in [0.2, 0.25) is 6.32 Å². The van der Waals surface area contributed by atoms with Crippen molar-refractivity contribution in [2.24, 2.45) is 10.5 Å². The van der Waals surface area contributed by atoms with Crippen LogP contribution in [-0.4, -0.2) is 30.8 Å². The van der Waals surface area contributed by atoms with Gasteiger partial charge in [-0.05, 0) is 63.9 Å². The van der Waals surface area contributed by atoms with Gasteiger partial charge in [0.05, 0.1) is 17.1 Å². The minimum atomic E-state index is -0.572. The summed E-state index contributed by atoms with van der Waals surface area (Å²) in [5, 5.41) is 3.87. The second kappa shape index (κ2) is 9.86. The molecule has 2 aliphatic rings. The van der Waals surface area contributed by atoms with Crippen molar-refractivity contribution >= 4 is 13.1 Å². The number of hydrogen-bond acceptors (Lipinski definition) is 5. The summed E-state index contributed by atoms with van der Waals surface area (Å²) in [4.78, 5) is 16.0. The minimum absolute atomic E-state index is 0.0706. The molecule has 1 aromatic carbocycles. The fourth-order valence-corrected chi connectivity index (χ4v) is 4.42. The number of carbonyl (C=O) groups is 1. The standard InChI is InChI=1S/C22H32BN3O4/c1-17-21(2,3)30-23(29-17)14-8-7-12-22(13-11-19(15-22)25-26-24)20(27)28-16-18-9-5-4-6-10-18/h4-6,9-10,17,19H,7-8,11-16H2,1-3H3/t17?,19-,22+/m0/s1. The van der Waals surface area contributed by atoms with E-state index in [0.29, 0.717) is 12.8 Å². The number of ether oxygens (including phenoxy) is 1. The van der Waals surface area contributed by atoms with Crippen LogP contribution in [0.25, 0.3) is 10.4 Å². The summed E-state index contributed by atoms with van der Waals surface area (Å²) in [6.45, 7) is 6.39. The van der Waals surface area contributed by atoms with Crippen LogP contribution in [-0.2, 0) is 25.4 Å². The van der Waals surface area contributed by atoms with Crippen LogP contribution in [0.3, 0.4) is 0 Å². The fraction of sp³-hybridized carbons (Fsp3) is 0.682. The van der Waals surface area contributed by atoms with Gasteiger partial charge < -0.3 is 14.0 Å². The summed E-state index contributed by atoms with van der Waals surface area (Å²) in [5.74, 6) is -0.176. The maximum absolute atomic E-state index is 13.1. The zero-order valence-electron chi connectivity index (χ0n) is 18.3. The highest BCUT2D eigenvalue weighted by molar-refractivity contribution is 6.45. The molecule has 1 heterocycles. The Balaban J connectivity index is 1.54. The van der Waals surface area contributed by atoms with Crippen LogP contribution < -0.4 is 0 Å². The van der Waals surface area contributed by atoms with Crippen molar-refractivity contribution in [3.8, 4) is 0 Å². The van der Waals surface area contributed by atoms with Gasteiger partial charge in [-0.15, -0.1) is 0 Å². The molecule has 1 unspecified atom stereocenters. The van der Waals surface area contributed by atoms with Crippen molar-refractivity contribution in [2.75, 3.05) is 0 Å². The topological polar surface area (TPSA) is 93.5 Å². The Morgan fingerprint density at radius 3 is 2.77 bits per heavy atom. The zero-order chi connectivity index (χ0) is 21.6. The first-order valence-electron chi connectivity index (χ1n) is 10.9. The molecule has 0 bridgehead atoms. The molecule has 3 rings (SSSR count). The Hall–Kier alpha value is -2.02. The normalized spacial score (nSPS) is 27.6. The Bertz CT molecular complexity index is 769. The lowest BCUT2D eigenvalue weighted by Gasteiger charge is -2.27. The van der Waals surface area contributed by atoms with Crippen molar-refractivity contribution in [1.82, 2.24) is 0 Å². The molecule has 0 spiro atoms. The number of unbranched alkanes of at least 4 members (excludes halogenated alkanes) is 1. The molecule has 30 heavy (non-hydrogen) atoms. The Kier molecular flexibility index (Phi) is 7.45. The lowest BCUT2D eigenvalue weighted by Crippen LogP contribution is -2.31. The van der Waals surface area contributed by atoms with Crippen LogP contribution in [0, 0.1) is 5.41 Å². The first-order valence-corrected chi connectivity index (χ1v) is 10.9. The molecule has 8 heteroatoms. The van der Waals surface area contributed by atoms with E-state index < -0.39 is 5.41 Å². The first kappa shape index (κ1) is 22.7. The van der Waals surface area contributed by atoms with Crippen molar-refractivity contribution in [3.05, 3.63) is 46.3 Å². The highest BCUT2D eigenvalue weighted by atomic mass is 16.7. The highest BCUT2D eigenvalue weighted by Gasteiger charge is 2.46. The molecule has 0 radical (unpaired) electrons. The van der Waals surface area contributed by atoms with E-state index in [-0.39, 0.29) is 37.4 Å². The van der Waals surface area contributed by atoms with Gasteiger partial charge in [0.2, 0.25) is 0 Å². The number of carbonyl (C=O) groups excluding carboxylic acids is 1. The largest absolute Gasteiger partial charge is 0.460 e. The van der Waals surface area contributed by atoms with Gasteiger partial charge in [0.1, 0.15) is 6.61 Å². The molecule has 1 saturated carbocycles. The molecule has 3 atom stereocenters. The van der Waals surface area contributed by atoms with Gasteiger partial charge in [-0.1, -0.05) is 48.3 Å². The average molecular weight is 413 g/mol. The second-order valence-corrected chi connectivity index (χ2v) is 9.12. The van der Waals surface area contributed by atoms with Crippen molar-refractivity contribution in [2.45, 2.75) is 90.0 Å². The van der Waals surface area contributed by atoms with Crippen molar-refractivity contribution < 1.29 is 18.8 Å². The number of hydrogen-bond donors (Lipinski definition) is 0. The van der Waals surface area contributed by atoms with Gasteiger partial charge in [0.25, 0.3) is 0 Å². The summed E-state index contributed by atoms with van der Waals surface area (Å²) < 4.78 is 17.6. The summed E-state index contributed by atoms with van der Waals surface area (Å²) in [6.07, 6.45) is 5.38. The number of benzene rings is 1. The van der Waals surface area contributed by atoms with E-state index in [1.807, 2.05) is 51.1 Å². The number of rotatable bonds is 9. The summed E-state index contributed by atoms with van der Waals surface area (Å²) in [6, 6.07) is 9.56. The van der Waals surface area contributed by atoms with Crippen LogP contribution in [0.1, 0.15) is 64.9 Å². The van der Waals surface area contributed by atoms with Gasteiger partial charge in [-0.3, -0.25) is 4.79 Å². The summed E-state index contributed by atoms with van der Waals surface area (Å²) in [7, 11) is -0.185. The monoisotopic (exact) mass is 413 g/mol. The van der Waals surface area contributed by atoms with Gasteiger partial charge in [-0.2, -0.15) is 0 Å². The van der Waals surface area contributed by atoms with Crippen LogP contribution in [0.4, 0.5) is 0 Å². The molecule has 1 aliphatic heterocycles. The highest BCUT2D eigenvalue weighted by Crippen LogP contribution is 2.45. The quantitative estimate of drug-likeness (QED) is 0.134. The van der Waals surface area contributed by atoms with Crippen LogP contribution >= 0.6 is 0 Å². The lowest BCUT2D eigenvalue weighted by molar-refractivity contribution is -0.157. The van der Waals surface area contributed by atoms with E-state index in [1.165, 1.54) is 0 Å². The van der Waals surface area contributed by atoms with Crippen molar-refractivity contribution in [1.29, 1.82) is 0 Å². The zero-order valence-corrected chi connectivity index (χ0v) is 18.3. The predicted molar refractivity (Wildman–Crippen MR) is 116 cm³/mol. The molecule has 0 N–H and O–H groups in total. The van der Waals surface area contributed by atoms with Gasteiger partial charge in [0.15, 0.2) is 0 Å². The van der Waals surface area contributed by atoms with E-state index in [1.54, 1.807) is 0 Å². The maximum Gasteiger partial charge on any atom is 0.457 e. The Labute approximate surface area is 179 Å². The van der Waals surface area contributed by atoms with Gasteiger partial charge in [-0.25, -0.2) is 0 Å². The molecule has 0 aromatic heterocycles. The molecule has 1 aliphatic carbocycles. The van der Waals surface area contributed by atoms with Gasteiger partial charge >= 0.3 is 13.1 Å². The number of esters is 1. The molecular formula is C22H32BN3O4. The van der Waals surface area contributed by atoms with Crippen molar-refractivity contribution in [3.63, 3.8) is 0 Å². The molecule has 0 amide bonds. The third kappa shape index (κ3) is 5.57. The average Bonchev–Trinajstić information content (AvgIpc) is 3.25. The molecule has 162 valence electrons. The van der Waals surface area contributed by atoms with Crippen LogP contribution in [0.15, 0.2) is 35.4 Å². The Morgan fingerprint density at radius 2 is 2.10 bits per heavy atom. The molecule has 1 saturated heterocycles. The number of azide groups is 1. The van der Waals surface area contributed by atoms with E-state index in [2.05, 4.69) is 10.0 Å². The van der Waals surface area contributed by atoms with E-state index in [0.717, 1.165) is 37.6 Å². The van der Waals surface area contributed by atoms with E-state index >= 15 is 0 Å². The smallest absolute Gasteiger partial charge is 0.457 e. The summed E-state index contributed by atoms with van der Waals surface area (Å²) in [5.41, 5.74) is 8.94. The van der Waals surface area contributed by atoms with E-state index in [4.69, 9.17) is 19.6 Å².